The van der Waals surface area contributed by atoms with Gasteiger partial charge in [0.25, 0.3) is 0 Å². The van der Waals surface area contributed by atoms with Crippen LogP contribution in [-0.2, 0) is 0 Å². The minimum absolute atomic E-state index is 0.894. The molecule has 0 aromatic carbocycles. The Morgan fingerprint density at radius 1 is 1.07 bits per heavy atom. The summed E-state index contributed by atoms with van der Waals surface area (Å²) < 4.78 is 9.54. The lowest BCUT2D eigenvalue weighted by molar-refractivity contribution is 0.617. The topological polar surface area (TPSA) is 34.9 Å². The summed E-state index contributed by atoms with van der Waals surface area (Å²) in [6, 6.07) is 5.98. The predicted molar refractivity (Wildman–Crippen MR) is 55.9 cm³/mol. The van der Waals surface area contributed by atoms with E-state index in [1.165, 1.54) is 0 Å². The van der Waals surface area contributed by atoms with Crippen LogP contribution in [0.1, 0.15) is 0 Å². The summed E-state index contributed by atoms with van der Waals surface area (Å²) >= 11 is 0. The molecule has 0 fully saturated rings. The van der Waals surface area contributed by atoms with Gasteiger partial charge < -0.3 is 4.42 Å². The van der Waals surface area contributed by atoms with Crippen LogP contribution in [-0.4, -0.2) is 13.8 Å². The highest BCUT2D eigenvalue weighted by Crippen LogP contribution is 2.23. The molecule has 0 N–H and O–H groups in total. The molecule has 0 aliphatic rings. The van der Waals surface area contributed by atoms with E-state index in [0.29, 0.717) is 0 Å². The first-order valence-electron chi connectivity index (χ1n) is 4.74. The normalized spacial score (nSPS) is 12.0. The van der Waals surface area contributed by atoms with Crippen molar-refractivity contribution in [2.24, 2.45) is 0 Å². The number of nitrogens with zero attached hydrogens (tertiary/aromatic N) is 3. The van der Waals surface area contributed by atoms with Gasteiger partial charge in [0.2, 0.25) is 5.78 Å². The van der Waals surface area contributed by atoms with Gasteiger partial charge in [0, 0.05) is 24.7 Å². The molecule has 15 heavy (non-hydrogen) atoms. The molecule has 0 unspecified atom stereocenters. The van der Waals surface area contributed by atoms with Crippen LogP contribution < -0.4 is 0 Å². The first-order valence-corrected chi connectivity index (χ1v) is 4.74. The zero-order valence-corrected chi connectivity index (χ0v) is 7.79. The van der Waals surface area contributed by atoms with Crippen LogP contribution in [0.15, 0.2) is 47.5 Å². The molecule has 0 atom stereocenters. The summed E-state index contributed by atoms with van der Waals surface area (Å²) in [5, 5.41) is 0. The monoisotopic (exact) mass is 197 g/mol. The number of imidazole rings is 1. The predicted octanol–water partition coefficient (Wildman–Crippen LogP) is 2.33. The molecular weight excluding hydrogens is 190 g/mol. The van der Waals surface area contributed by atoms with E-state index >= 15 is 0 Å². The summed E-state index contributed by atoms with van der Waals surface area (Å²) in [5.74, 6) is 0.906. The third-order valence-corrected chi connectivity index (χ3v) is 2.72. The van der Waals surface area contributed by atoms with Gasteiger partial charge in [0.05, 0.1) is 17.3 Å². The lowest BCUT2D eigenvalue weighted by Crippen LogP contribution is -1.93. The van der Waals surface area contributed by atoms with E-state index < -0.39 is 0 Å². The molecule has 0 saturated heterocycles. The quantitative estimate of drug-likeness (QED) is 0.433. The van der Waals surface area contributed by atoms with E-state index in [9.17, 15) is 0 Å². The molecule has 0 aliphatic heterocycles. The van der Waals surface area contributed by atoms with Gasteiger partial charge in [0.1, 0.15) is 0 Å². The molecule has 0 saturated carbocycles. The molecule has 4 heteroatoms. The van der Waals surface area contributed by atoms with Gasteiger partial charge in [0.15, 0.2) is 5.58 Å². The Balaban J connectivity index is 2.56. The standard InChI is InChI=1S/C11H7N3O/c1-2-8-10-9(3-7-15-10)14-6-4-12-11(14)13(8)5-1/h1-7H. The molecule has 0 amide bonds. The number of furan rings is 1. The minimum atomic E-state index is 0.894. The zero-order chi connectivity index (χ0) is 9.83. The van der Waals surface area contributed by atoms with Gasteiger partial charge in [-0.1, -0.05) is 0 Å². The van der Waals surface area contributed by atoms with Gasteiger partial charge in [-0.25, -0.2) is 4.98 Å². The van der Waals surface area contributed by atoms with Crippen molar-refractivity contribution in [1.29, 1.82) is 0 Å². The van der Waals surface area contributed by atoms with Crippen molar-refractivity contribution in [3.05, 3.63) is 43.1 Å². The van der Waals surface area contributed by atoms with E-state index in [1.54, 1.807) is 12.5 Å². The molecular formula is C11H7N3O. The van der Waals surface area contributed by atoms with Crippen LogP contribution in [0, 0.1) is 0 Å². The highest BCUT2D eigenvalue weighted by Gasteiger charge is 2.09. The Morgan fingerprint density at radius 3 is 2.93 bits per heavy atom. The first kappa shape index (κ1) is 7.11. The van der Waals surface area contributed by atoms with Crippen molar-refractivity contribution in [2.75, 3.05) is 0 Å². The van der Waals surface area contributed by atoms with Crippen molar-refractivity contribution in [1.82, 2.24) is 13.8 Å². The van der Waals surface area contributed by atoms with Crippen LogP contribution in [0.25, 0.3) is 22.4 Å². The molecule has 4 nitrogen and oxygen atoms in total. The van der Waals surface area contributed by atoms with E-state index in [-0.39, 0.29) is 0 Å². The Labute approximate surface area is 84.4 Å². The second kappa shape index (κ2) is 2.23. The van der Waals surface area contributed by atoms with Gasteiger partial charge in [-0.2, -0.15) is 0 Å². The number of fused-ring (bicyclic) bond motifs is 6. The second-order valence-corrected chi connectivity index (χ2v) is 3.50. The van der Waals surface area contributed by atoms with Crippen molar-refractivity contribution in [2.45, 2.75) is 0 Å². The molecule has 0 spiro atoms. The fourth-order valence-electron chi connectivity index (χ4n) is 2.09. The van der Waals surface area contributed by atoms with Gasteiger partial charge >= 0.3 is 0 Å². The average molecular weight is 197 g/mol. The maximum atomic E-state index is 5.50. The van der Waals surface area contributed by atoms with Gasteiger partial charge in [-0.15, -0.1) is 0 Å². The van der Waals surface area contributed by atoms with Crippen molar-refractivity contribution >= 4 is 22.4 Å². The third kappa shape index (κ3) is 0.710. The number of hydrogen-bond acceptors (Lipinski definition) is 2. The summed E-state index contributed by atoms with van der Waals surface area (Å²) in [6.45, 7) is 0. The summed E-state index contributed by atoms with van der Waals surface area (Å²) in [7, 11) is 0. The lowest BCUT2D eigenvalue weighted by atomic mass is 10.4. The molecule has 72 valence electrons. The molecule has 4 aromatic rings. The lowest BCUT2D eigenvalue weighted by Gasteiger charge is -2.00. The molecule has 0 bridgehead atoms. The summed E-state index contributed by atoms with van der Waals surface area (Å²) in [5.41, 5.74) is 2.99. The van der Waals surface area contributed by atoms with Crippen LogP contribution in [0.5, 0.6) is 0 Å². The highest BCUT2D eigenvalue weighted by molar-refractivity contribution is 5.90. The summed E-state index contributed by atoms with van der Waals surface area (Å²) in [6.07, 6.45) is 7.42. The fraction of sp³-hybridized carbons (Fsp3) is 0. The van der Waals surface area contributed by atoms with E-state index in [1.807, 2.05) is 39.4 Å². The Morgan fingerprint density at radius 2 is 1.93 bits per heavy atom. The average Bonchev–Trinajstić information content (AvgIpc) is 2.97. The Bertz CT molecular complexity index is 580. The SMILES string of the molecule is c1cc2c3occc3n3ccnc3n2c1. The van der Waals surface area contributed by atoms with Crippen molar-refractivity contribution in [3.8, 4) is 0 Å². The number of rotatable bonds is 0. The smallest absolute Gasteiger partial charge is 0.219 e. The third-order valence-electron chi connectivity index (χ3n) is 2.72. The molecule has 0 aliphatic carbocycles. The highest BCUT2D eigenvalue weighted by atomic mass is 16.3. The second-order valence-electron chi connectivity index (χ2n) is 3.50. The Hall–Kier alpha value is -2.23. The zero-order valence-electron chi connectivity index (χ0n) is 7.79. The van der Waals surface area contributed by atoms with Crippen LogP contribution in [0.4, 0.5) is 0 Å². The maximum Gasteiger partial charge on any atom is 0.219 e. The number of hydrogen-bond donors (Lipinski definition) is 0. The van der Waals surface area contributed by atoms with Crippen LogP contribution in [0.3, 0.4) is 0 Å². The van der Waals surface area contributed by atoms with E-state index in [4.69, 9.17) is 4.42 Å². The molecule has 4 rings (SSSR count). The van der Waals surface area contributed by atoms with Gasteiger partial charge in [-0.3, -0.25) is 8.80 Å². The van der Waals surface area contributed by atoms with E-state index in [2.05, 4.69) is 4.98 Å². The van der Waals surface area contributed by atoms with E-state index in [0.717, 1.165) is 22.4 Å². The van der Waals surface area contributed by atoms with Crippen LogP contribution in [0.2, 0.25) is 0 Å². The van der Waals surface area contributed by atoms with Crippen LogP contribution >= 0.6 is 0 Å². The summed E-state index contributed by atoms with van der Waals surface area (Å²) in [4.78, 5) is 4.33. The maximum absolute atomic E-state index is 5.50. The minimum Gasteiger partial charge on any atom is -0.460 e. The molecule has 4 aromatic heterocycles. The van der Waals surface area contributed by atoms with Crippen molar-refractivity contribution in [3.63, 3.8) is 0 Å². The Kier molecular flexibility index (Phi) is 1.06. The first-order chi connectivity index (χ1) is 7.45. The fourth-order valence-corrected chi connectivity index (χ4v) is 2.09. The number of aromatic nitrogens is 3. The molecule has 0 radical (unpaired) electrons. The largest absolute Gasteiger partial charge is 0.460 e. The van der Waals surface area contributed by atoms with Crippen molar-refractivity contribution < 1.29 is 4.42 Å². The molecule has 4 heterocycles. The van der Waals surface area contributed by atoms with Gasteiger partial charge in [-0.05, 0) is 12.1 Å².